The van der Waals surface area contributed by atoms with Gasteiger partial charge in [0.1, 0.15) is 5.75 Å². The van der Waals surface area contributed by atoms with Gasteiger partial charge in [-0.25, -0.2) is 0 Å². The van der Waals surface area contributed by atoms with Crippen LogP contribution in [-0.4, -0.2) is 23.6 Å². The molecule has 4 nitrogen and oxygen atoms in total. The van der Waals surface area contributed by atoms with E-state index in [0.29, 0.717) is 13.0 Å². The average Bonchev–Trinajstić information content (AvgIpc) is 2.34. The molecular formula is C14H22N2O2. The summed E-state index contributed by atoms with van der Waals surface area (Å²) in [6.45, 7) is 6.36. The van der Waals surface area contributed by atoms with Gasteiger partial charge in [0, 0.05) is 12.6 Å². The van der Waals surface area contributed by atoms with E-state index in [9.17, 15) is 9.90 Å². The number of phenols is 1. The molecule has 1 amide bonds. The summed E-state index contributed by atoms with van der Waals surface area (Å²) in [5, 5.41) is 9.54. The number of carbonyl (C=O) groups excluding carboxylic acids is 1. The van der Waals surface area contributed by atoms with Crippen LogP contribution in [0.4, 0.5) is 5.69 Å². The molecule has 0 heterocycles. The van der Waals surface area contributed by atoms with Gasteiger partial charge in [0.25, 0.3) is 0 Å². The minimum absolute atomic E-state index is 0.0898. The van der Waals surface area contributed by atoms with Crippen LogP contribution in [0, 0.1) is 6.92 Å². The molecule has 3 N–H and O–H groups in total. The molecule has 0 fully saturated rings. The number of nitrogens with zero attached hydrogens (tertiary/aromatic N) is 1. The Morgan fingerprint density at radius 1 is 1.44 bits per heavy atom. The predicted octanol–water partition coefficient (Wildman–Crippen LogP) is 2.18. The second kappa shape index (κ2) is 6.40. The van der Waals surface area contributed by atoms with Crippen LogP contribution in [-0.2, 0) is 4.79 Å². The van der Waals surface area contributed by atoms with Crippen LogP contribution in [0.5, 0.6) is 5.75 Å². The summed E-state index contributed by atoms with van der Waals surface area (Å²) in [4.78, 5) is 13.9. The summed E-state index contributed by atoms with van der Waals surface area (Å²) < 4.78 is 0. The molecule has 0 aliphatic carbocycles. The maximum atomic E-state index is 12.2. The molecule has 0 aliphatic rings. The van der Waals surface area contributed by atoms with E-state index in [4.69, 9.17) is 5.73 Å². The molecule has 18 heavy (non-hydrogen) atoms. The number of carbonyl (C=O) groups is 1. The second-order valence-corrected chi connectivity index (χ2v) is 4.45. The van der Waals surface area contributed by atoms with E-state index in [0.717, 1.165) is 17.7 Å². The second-order valence-electron chi connectivity index (χ2n) is 4.45. The fourth-order valence-corrected chi connectivity index (χ4v) is 1.97. The molecule has 4 heteroatoms. The number of aryl methyl sites for hydroxylation is 1. The largest absolute Gasteiger partial charge is 0.508 e. The molecule has 1 aromatic carbocycles. The van der Waals surface area contributed by atoms with Gasteiger partial charge in [-0.2, -0.15) is 0 Å². The third kappa shape index (κ3) is 3.23. The van der Waals surface area contributed by atoms with E-state index in [1.165, 1.54) is 0 Å². The number of nitrogens with two attached hydrogens (primary N) is 1. The fourth-order valence-electron chi connectivity index (χ4n) is 1.97. The van der Waals surface area contributed by atoms with Crippen molar-refractivity contribution in [1.82, 2.24) is 0 Å². The van der Waals surface area contributed by atoms with E-state index in [2.05, 4.69) is 0 Å². The SMILES string of the molecule is CCC[C@@H](N)C(=O)N(CC)c1cc(O)ccc1C. The van der Waals surface area contributed by atoms with Crippen molar-refractivity contribution in [3.63, 3.8) is 0 Å². The van der Waals surface area contributed by atoms with Crippen LogP contribution in [0.2, 0.25) is 0 Å². The number of anilines is 1. The van der Waals surface area contributed by atoms with Crippen molar-refractivity contribution in [3.8, 4) is 5.75 Å². The number of phenolic OH excluding ortho intramolecular Hbond substituents is 1. The Morgan fingerprint density at radius 2 is 2.11 bits per heavy atom. The monoisotopic (exact) mass is 250 g/mol. The third-order valence-electron chi connectivity index (χ3n) is 2.98. The Balaban J connectivity index is 3.02. The molecule has 0 aromatic heterocycles. The summed E-state index contributed by atoms with van der Waals surface area (Å²) in [6.07, 6.45) is 1.55. The van der Waals surface area contributed by atoms with Gasteiger partial charge in [0.15, 0.2) is 0 Å². The van der Waals surface area contributed by atoms with E-state index < -0.39 is 6.04 Å². The Labute approximate surface area is 108 Å². The highest BCUT2D eigenvalue weighted by Crippen LogP contribution is 2.25. The lowest BCUT2D eigenvalue weighted by Crippen LogP contribution is -2.44. The molecule has 0 unspecified atom stereocenters. The zero-order valence-electron chi connectivity index (χ0n) is 11.3. The maximum Gasteiger partial charge on any atom is 0.243 e. The zero-order chi connectivity index (χ0) is 13.7. The maximum absolute atomic E-state index is 12.2. The molecule has 0 radical (unpaired) electrons. The molecule has 100 valence electrons. The fraction of sp³-hybridized carbons (Fsp3) is 0.500. The first-order chi connectivity index (χ1) is 8.51. The third-order valence-corrected chi connectivity index (χ3v) is 2.98. The van der Waals surface area contributed by atoms with Crippen LogP contribution >= 0.6 is 0 Å². The van der Waals surface area contributed by atoms with Crippen molar-refractivity contribution in [2.75, 3.05) is 11.4 Å². The van der Waals surface area contributed by atoms with Crippen LogP contribution < -0.4 is 10.6 Å². The minimum atomic E-state index is -0.475. The molecule has 0 bridgehead atoms. The molecule has 0 spiro atoms. The summed E-state index contributed by atoms with van der Waals surface area (Å²) in [5.74, 6) is 0.0685. The normalized spacial score (nSPS) is 12.2. The summed E-state index contributed by atoms with van der Waals surface area (Å²) in [6, 6.07) is 4.54. The van der Waals surface area contributed by atoms with Crippen LogP contribution in [0.15, 0.2) is 18.2 Å². The van der Waals surface area contributed by atoms with Gasteiger partial charge in [0.05, 0.1) is 11.7 Å². The van der Waals surface area contributed by atoms with Gasteiger partial charge in [-0.1, -0.05) is 19.4 Å². The van der Waals surface area contributed by atoms with Gasteiger partial charge >= 0.3 is 0 Å². The van der Waals surface area contributed by atoms with E-state index in [1.807, 2.05) is 20.8 Å². The Hall–Kier alpha value is -1.55. The number of hydrogen-bond donors (Lipinski definition) is 2. The van der Waals surface area contributed by atoms with Crippen LogP contribution in [0.25, 0.3) is 0 Å². The first-order valence-electron chi connectivity index (χ1n) is 6.37. The van der Waals surface area contributed by atoms with Gasteiger partial charge < -0.3 is 15.7 Å². The van der Waals surface area contributed by atoms with Crippen molar-refractivity contribution in [1.29, 1.82) is 0 Å². The highest BCUT2D eigenvalue weighted by Gasteiger charge is 2.21. The van der Waals surface area contributed by atoms with E-state index in [1.54, 1.807) is 23.1 Å². The number of benzene rings is 1. The van der Waals surface area contributed by atoms with Gasteiger partial charge in [-0.15, -0.1) is 0 Å². The molecule has 1 rings (SSSR count). The molecule has 0 saturated carbocycles. The molecule has 0 saturated heterocycles. The van der Waals surface area contributed by atoms with Crippen molar-refractivity contribution in [2.45, 2.75) is 39.7 Å². The predicted molar refractivity (Wildman–Crippen MR) is 73.8 cm³/mol. The first kappa shape index (κ1) is 14.5. The number of hydrogen-bond acceptors (Lipinski definition) is 3. The lowest BCUT2D eigenvalue weighted by atomic mass is 10.1. The van der Waals surface area contributed by atoms with E-state index >= 15 is 0 Å². The average molecular weight is 250 g/mol. The topological polar surface area (TPSA) is 66.6 Å². The molecular weight excluding hydrogens is 228 g/mol. The zero-order valence-corrected chi connectivity index (χ0v) is 11.3. The van der Waals surface area contributed by atoms with Gasteiger partial charge in [-0.05, 0) is 31.9 Å². The Kier molecular flexibility index (Phi) is 5.16. The molecule has 0 aliphatic heterocycles. The number of likely N-dealkylation sites (N-methyl/N-ethyl adjacent to an activating group) is 1. The smallest absolute Gasteiger partial charge is 0.243 e. The number of aromatic hydroxyl groups is 1. The highest BCUT2D eigenvalue weighted by atomic mass is 16.3. The highest BCUT2D eigenvalue weighted by molar-refractivity contribution is 5.97. The van der Waals surface area contributed by atoms with Crippen LogP contribution in [0.1, 0.15) is 32.3 Å². The summed E-state index contributed by atoms with van der Waals surface area (Å²) >= 11 is 0. The Bertz CT molecular complexity index is 418. The summed E-state index contributed by atoms with van der Waals surface area (Å²) in [7, 11) is 0. The first-order valence-corrected chi connectivity index (χ1v) is 6.37. The Morgan fingerprint density at radius 3 is 2.67 bits per heavy atom. The quantitative estimate of drug-likeness (QED) is 0.841. The van der Waals surface area contributed by atoms with Gasteiger partial charge in [-0.3, -0.25) is 4.79 Å². The minimum Gasteiger partial charge on any atom is -0.508 e. The van der Waals surface area contributed by atoms with Crippen LogP contribution in [0.3, 0.4) is 0 Å². The molecule has 1 aromatic rings. The molecule has 1 atom stereocenters. The van der Waals surface area contributed by atoms with Crippen molar-refractivity contribution < 1.29 is 9.90 Å². The van der Waals surface area contributed by atoms with Crippen molar-refractivity contribution in [3.05, 3.63) is 23.8 Å². The standard InChI is InChI=1S/C14H22N2O2/c1-4-6-12(15)14(18)16(5-2)13-9-11(17)8-7-10(13)3/h7-9,12,17H,4-6,15H2,1-3H3/t12-/m1/s1. The van der Waals surface area contributed by atoms with Crippen molar-refractivity contribution >= 4 is 11.6 Å². The number of rotatable bonds is 5. The van der Waals surface area contributed by atoms with Gasteiger partial charge in [0.2, 0.25) is 5.91 Å². The van der Waals surface area contributed by atoms with E-state index in [-0.39, 0.29) is 11.7 Å². The number of amides is 1. The van der Waals surface area contributed by atoms with Crippen molar-refractivity contribution in [2.24, 2.45) is 5.73 Å². The lowest BCUT2D eigenvalue weighted by molar-refractivity contribution is -0.119. The lowest BCUT2D eigenvalue weighted by Gasteiger charge is -2.26. The summed E-state index contributed by atoms with van der Waals surface area (Å²) in [5.41, 5.74) is 7.56.